The summed E-state index contributed by atoms with van der Waals surface area (Å²) in [6, 6.07) is 8.50. The van der Waals surface area contributed by atoms with Crippen LogP contribution in [0.3, 0.4) is 0 Å². The highest BCUT2D eigenvalue weighted by Crippen LogP contribution is 2.36. The molecule has 2 fully saturated rings. The summed E-state index contributed by atoms with van der Waals surface area (Å²) in [7, 11) is 0. The molecule has 3 heterocycles. The number of aryl methyl sites for hydroxylation is 2. The second-order valence-corrected chi connectivity index (χ2v) is 13.1. The molecule has 1 saturated heterocycles. The van der Waals surface area contributed by atoms with Crippen LogP contribution in [0.1, 0.15) is 80.3 Å². The van der Waals surface area contributed by atoms with Gasteiger partial charge in [-0.3, -0.25) is 19.5 Å². The van der Waals surface area contributed by atoms with Gasteiger partial charge in [0.05, 0.1) is 34.4 Å². The van der Waals surface area contributed by atoms with Gasteiger partial charge in [-0.2, -0.15) is 0 Å². The van der Waals surface area contributed by atoms with E-state index >= 15 is 0 Å². The van der Waals surface area contributed by atoms with E-state index in [1.807, 2.05) is 46.8 Å². The second kappa shape index (κ2) is 11.4. The smallest absolute Gasteiger partial charge is 0.274 e. The molecule has 9 nitrogen and oxygen atoms in total. The Hall–Kier alpha value is -3.70. The molecule has 11 heteroatoms. The summed E-state index contributed by atoms with van der Waals surface area (Å²) in [5.41, 5.74) is 0.235. The number of carbonyl (C=O) groups excluding carboxylic acids is 2. The standard InChI is InChI=1S/C32H39F2N5O4/c1-19-12-20(2)35-27(13-19)30(3,4)36-28(40)16-32(17-39(18-32)22-8-10-31(5,42)11-9-22)37-29(41)25-15-26(43-38-25)23-7-6-21(33)14-24(23)34/h6-7,12-15,22,42H,8-11,16-18H2,1-5H3,(H,36,40)(H,37,41). The van der Waals surface area contributed by atoms with Crippen LogP contribution < -0.4 is 10.6 Å². The first kappa shape index (κ1) is 30.7. The van der Waals surface area contributed by atoms with Gasteiger partial charge in [0, 0.05) is 37.0 Å². The lowest BCUT2D eigenvalue weighted by Crippen LogP contribution is -2.73. The van der Waals surface area contributed by atoms with Crippen molar-refractivity contribution >= 4 is 11.8 Å². The Labute approximate surface area is 250 Å². The molecule has 2 amide bonds. The van der Waals surface area contributed by atoms with Gasteiger partial charge in [-0.15, -0.1) is 0 Å². The van der Waals surface area contributed by atoms with E-state index in [0.29, 0.717) is 25.9 Å². The molecule has 0 bridgehead atoms. The molecule has 0 atom stereocenters. The molecule has 0 unspecified atom stereocenters. The molecule has 1 saturated carbocycles. The van der Waals surface area contributed by atoms with Crippen LogP contribution in [0.25, 0.3) is 11.3 Å². The summed E-state index contributed by atoms with van der Waals surface area (Å²) in [4.78, 5) is 33.7. The second-order valence-electron chi connectivity index (χ2n) is 13.1. The zero-order valence-corrected chi connectivity index (χ0v) is 25.3. The van der Waals surface area contributed by atoms with E-state index in [2.05, 4.69) is 25.7 Å². The lowest BCUT2D eigenvalue weighted by molar-refractivity contribution is -0.127. The Morgan fingerprint density at radius 2 is 1.81 bits per heavy atom. The topological polar surface area (TPSA) is 121 Å². The van der Waals surface area contributed by atoms with Crippen molar-refractivity contribution in [3.63, 3.8) is 0 Å². The number of aliphatic hydroxyl groups is 1. The number of hydrogen-bond donors (Lipinski definition) is 3. The third-order valence-electron chi connectivity index (χ3n) is 8.57. The molecule has 0 radical (unpaired) electrons. The fraction of sp³-hybridized carbons (Fsp3) is 0.500. The number of pyridine rings is 1. The van der Waals surface area contributed by atoms with Crippen LogP contribution in [0, 0.1) is 25.5 Å². The Morgan fingerprint density at radius 3 is 2.47 bits per heavy atom. The van der Waals surface area contributed by atoms with Crippen LogP contribution >= 0.6 is 0 Å². The average Bonchev–Trinajstić information content (AvgIpc) is 3.36. The van der Waals surface area contributed by atoms with E-state index in [-0.39, 0.29) is 35.4 Å². The maximum Gasteiger partial charge on any atom is 0.274 e. The van der Waals surface area contributed by atoms with Crippen LogP contribution in [-0.2, 0) is 10.3 Å². The molecule has 0 spiro atoms. The number of nitrogens with one attached hydrogen (secondary N) is 2. The van der Waals surface area contributed by atoms with Crippen LogP contribution in [0.15, 0.2) is 40.9 Å². The molecule has 2 aliphatic rings. The molecule has 3 N–H and O–H groups in total. The average molecular weight is 596 g/mol. The SMILES string of the molecule is Cc1cc(C)nc(C(C)(C)NC(=O)CC2(NC(=O)c3cc(-c4ccc(F)cc4F)on3)CN(C3CCC(C)(O)CC3)C2)c1. The monoisotopic (exact) mass is 595 g/mol. The molecule has 3 aromatic rings. The summed E-state index contributed by atoms with van der Waals surface area (Å²) >= 11 is 0. The van der Waals surface area contributed by atoms with Crippen molar-refractivity contribution < 1.29 is 28.0 Å². The van der Waals surface area contributed by atoms with Crippen molar-refractivity contribution in [1.82, 2.24) is 25.7 Å². The van der Waals surface area contributed by atoms with Gasteiger partial charge in [0.25, 0.3) is 5.91 Å². The van der Waals surface area contributed by atoms with Crippen LogP contribution in [0.2, 0.25) is 0 Å². The minimum atomic E-state index is -0.882. The zero-order chi connectivity index (χ0) is 31.2. The number of rotatable bonds is 8. The highest BCUT2D eigenvalue weighted by molar-refractivity contribution is 5.94. The first-order valence-electron chi connectivity index (χ1n) is 14.6. The number of halogens is 2. The van der Waals surface area contributed by atoms with Crippen LogP contribution in [-0.4, -0.2) is 62.2 Å². The largest absolute Gasteiger partial charge is 0.390 e. The van der Waals surface area contributed by atoms with E-state index in [4.69, 9.17) is 4.52 Å². The lowest BCUT2D eigenvalue weighted by Gasteiger charge is -2.54. The predicted molar refractivity (Wildman–Crippen MR) is 156 cm³/mol. The van der Waals surface area contributed by atoms with E-state index in [1.165, 1.54) is 12.1 Å². The van der Waals surface area contributed by atoms with Crippen molar-refractivity contribution in [2.75, 3.05) is 13.1 Å². The predicted octanol–water partition coefficient (Wildman–Crippen LogP) is 4.55. The van der Waals surface area contributed by atoms with Crippen molar-refractivity contribution in [3.05, 3.63) is 70.7 Å². The number of amides is 2. The number of hydrogen-bond acceptors (Lipinski definition) is 7. The maximum atomic E-state index is 14.3. The number of likely N-dealkylation sites (tertiary alicyclic amines) is 1. The highest BCUT2D eigenvalue weighted by atomic mass is 19.1. The van der Waals surface area contributed by atoms with E-state index < -0.39 is 34.2 Å². The van der Waals surface area contributed by atoms with Gasteiger partial charge in [0.15, 0.2) is 11.5 Å². The third kappa shape index (κ3) is 6.94. The first-order chi connectivity index (χ1) is 20.1. The Balaban J connectivity index is 1.32. The molecular formula is C32H39F2N5O4. The third-order valence-corrected chi connectivity index (χ3v) is 8.57. The fourth-order valence-corrected chi connectivity index (χ4v) is 6.24. The summed E-state index contributed by atoms with van der Waals surface area (Å²) < 4.78 is 32.9. The van der Waals surface area contributed by atoms with Gasteiger partial charge in [0.1, 0.15) is 11.6 Å². The van der Waals surface area contributed by atoms with Gasteiger partial charge < -0.3 is 20.3 Å². The molecular weight excluding hydrogens is 556 g/mol. The number of carbonyl (C=O) groups is 2. The van der Waals surface area contributed by atoms with E-state index in [9.17, 15) is 23.5 Å². The summed E-state index contributed by atoms with van der Waals surface area (Å²) in [5, 5.41) is 20.3. The molecule has 5 rings (SSSR count). The fourth-order valence-electron chi connectivity index (χ4n) is 6.24. The van der Waals surface area contributed by atoms with Gasteiger partial charge in [0.2, 0.25) is 5.91 Å². The van der Waals surface area contributed by atoms with Gasteiger partial charge >= 0.3 is 0 Å². The molecule has 1 aliphatic heterocycles. The summed E-state index contributed by atoms with van der Waals surface area (Å²) in [6.45, 7) is 10.4. The number of benzene rings is 1. The van der Waals surface area contributed by atoms with Crippen molar-refractivity contribution in [3.8, 4) is 11.3 Å². The van der Waals surface area contributed by atoms with Crippen molar-refractivity contribution in [2.45, 2.75) is 89.4 Å². The molecule has 1 aliphatic carbocycles. The molecule has 43 heavy (non-hydrogen) atoms. The summed E-state index contributed by atoms with van der Waals surface area (Å²) in [5.74, 6) is -2.38. The minimum absolute atomic E-state index is 0.0124. The van der Waals surface area contributed by atoms with Crippen LogP contribution in [0.5, 0.6) is 0 Å². The van der Waals surface area contributed by atoms with E-state index in [1.54, 1.807) is 0 Å². The van der Waals surface area contributed by atoms with Crippen LogP contribution in [0.4, 0.5) is 8.78 Å². The van der Waals surface area contributed by atoms with E-state index in [0.717, 1.165) is 41.9 Å². The van der Waals surface area contributed by atoms with Gasteiger partial charge in [-0.25, -0.2) is 8.78 Å². The number of aromatic nitrogens is 2. The minimum Gasteiger partial charge on any atom is -0.390 e. The molecule has 2 aromatic heterocycles. The zero-order valence-electron chi connectivity index (χ0n) is 25.3. The van der Waals surface area contributed by atoms with Gasteiger partial charge in [-0.05, 0) is 90.1 Å². The van der Waals surface area contributed by atoms with Gasteiger partial charge in [-0.1, -0.05) is 5.16 Å². The molecule has 1 aromatic carbocycles. The lowest BCUT2D eigenvalue weighted by atomic mass is 9.78. The van der Waals surface area contributed by atoms with Crippen molar-refractivity contribution in [2.24, 2.45) is 0 Å². The highest BCUT2D eigenvalue weighted by Gasteiger charge is 2.49. The maximum absolute atomic E-state index is 14.3. The number of nitrogens with zero attached hydrogens (tertiary/aromatic N) is 3. The Bertz CT molecular complexity index is 1500. The Morgan fingerprint density at radius 1 is 1.12 bits per heavy atom. The Kier molecular flexibility index (Phi) is 8.17. The van der Waals surface area contributed by atoms with Crippen molar-refractivity contribution in [1.29, 1.82) is 0 Å². The normalized spacial score (nSPS) is 22.1. The summed E-state index contributed by atoms with van der Waals surface area (Å²) in [6.07, 6.45) is 3.04. The quantitative estimate of drug-likeness (QED) is 0.350. The molecule has 230 valence electrons. The first-order valence-corrected chi connectivity index (χ1v) is 14.6.